The van der Waals surface area contributed by atoms with Crippen LogP contribution in [0.2, 0.25) is 0 Å². The smallest absolute Gasteiger partial charge is 0.193 e. The lowest BCUT2D eigenvalue weighted by atomic mass is 10.1. The Balaban J connectivity index is 1.48. The molecule has 3 aliphatic heterocycles. The number of nitrogens with one attached hydrogen (secondary N) is 1. The van der Waals surface area contributed by atoms with Gasteiger partial charge in [-0.05, 0) is 19.3 Å². The van der Waals surface area contributed by atoms with Crippen LogP contribution in [-0.2, 0) is 4.74 Å². The maximum Gasteiger partial charge on any atom is 0.193 e. The van der Waals surface area contributed by atoms with Gasteiger partial charge in [-0.1, -0.05) is 19.1 Å². The molecule has 0 spiro atoms. The first-order valence-electron chi connectivity index (χ1n) is 9.98. The third-order valence-electron chi connectivity index (χ3n) is 5.39. The summed E-state index contributed by atoms with van der Waals surface area (Å²) in [6.07, 6.45) is 5.82. The quantitative estimate of drug-likeness (QED) is 0.438. The Hall–Kier alpha value is -1.11. The van der Waals surface area contributed by atoms with Gasteiger partial charge in [-0.15, -0.1) is 0 Å². The van der Waals surface area contributed by atoms with E-state index in [9.17, 15) is 0 Å². The molecule has 3 aliphatic rings. The van der Waals surface area contributed by atoms with E-state index in [0.717, 1.165) is 78.1 Å². The van der Waals surface area contributed by atoms with Crippen molar-refractivity contribution in [1.82, 2.24) is 20.0 Å². The number of guanidine groups is 1. The molecule has 0 saturated carbocycles. The van der Waals surface area contributed by atoms with Gasteiger partial charge in [0.1, 0.15) is 0 Å². The Morgan fingerprint density at radius 1 is 1.24 bits per heavy atom. The molecule has 0 aliphatic carbocycles. The fourth-order valence-corrected chi connectivity index (χ4v) is 3.98. The molecule has 0 aromatic rings. The van der Waals surface area contributed by atoms with Gasteiger partial charge in [0.15, 0.2) is 5.96 Å². The fourth-order valence-electron chi connectivity index (χ4n) is 3.98. The molecule has 0 radical (unpaired) electrons. The van der Waals surface area contributed by atoms with Crippen molar-refractivity contribution in [2.45, 2.75) is 26.3 Å². The van der Waals surface area contributed by atoms with Crippen LogP contribution in [0.1, 0.15) is 20.3 Å². The minimum atomic E-state index is 0.577. The first-order chi connectivity index (χ1) is 12.3. The summed E-state index contributed by atoms with van der Waals surface area (Å²) < 4.78 is 5.44. The van der Waals surface area contributed by atoms with Crippen LogP contribution in [0.4, 0.5) is 0 Å². The number of ether oxygens (including phenoxy) is 1. The van der Waals surface area contributed by atoms with Crippen LogP contribution >= 0.6 is 0 Å². The average Bonchev–Trinajstić information content (AvgIpc) is 3.30. The first kappa shape index (κ1) is 18.7. The zero-order valence-corrected chi connectivity index (χ0v) is 16.0. The van der Waals surface area contributed by atoms with E-state index in [2.05, 4.69) is 46.0 Å². The number of morpholine rings is 1. The Labute approximate surface area is 152 Å². The van der Waals surface area contributed by atoms with Gasteiger partial charge in [0.05, 0.1) is 13.2 Å². The topological polar surface area (TPSA) is 43.3 Å². The summed E-state index contributed by atoms with van der Waals surface area (Å²) in [7, 11) is 0. The Morgan fingerprint density at radius 2 is 2.00 bits per heavy atom. The maximum atomic E-state index is 5.44. The van der Waals surface area contributed by atoms with Crippen molar-refractivity contribution in [3.8, 4) is 0 Å². The second-order valence-corrected chi connectivity index (χ2v) is 7.53. The van der Waals surface area contributed by atoms with Crippen LogP contribution in [0.5, 0.6) is 0 Å². The zero-order valence-electron chi connectivity index (χ0n) is 16.0. The summed E-state index contributed by atoms with van der Waals surface area (Å²) in [4.78, 5) is 12.5. The predicted molar refractivity (Wildman–Crippen MR) is 103 cm³/mol. The van der Waals surface area contributed by atoms with Crippen LogP contribution in [-0.4, -0.2) is 98.8 Å². The normalized spacial score (nSPS) is 27.2. The lowest BCUT2D eigenvalue weighted by molar-refractivity contribution is 0.0323. The minimum absolute atomic E-state index is 0.577. The second kappa shape index (κ2) is 9.55. The van der Waals surface area contributed by atoms with Gasteiger partial charge >= 0.3 is 0 Å². The highest BCUT2D eigenvalue weighted by atomic mass is 16.5. The van der Waals surface area contributed by atoms with Gasteiger partial charge in [0.2, 0.25) is 0 Å². The van der Waals surface area contributed by atoms with E-state index in [1.54, 1.807) is 0 Å². The van der Waals surface area contributed by atoms with E-state index < -0.39 is 0 Å². The van der Waals surface area contributed by atoms with Crippen LogP contribution in [0, 0.1) is 5.92 Å². The summed E-state index contributed by atoms with van der Waals surface area (Å²) in [5.41, 5.74) is 0. The second-order valence-electron chi connectivity index (χ2n) is 7.53. The van der Waals surface area contributed by atoms with Crippen molar-refractivity contribution < 1.29 is 4.74 Å². The highest BCUT2D eigenvalue weighted by molar-refractivity contribution is 5.80. The molecule has 0 aromatic carbocycles. The number of hydrogen-bond donors (Lipinski definition) is 1. The maximum absolute atomic E-state index is 5.44. The van der Waals surface area contributed by atoms with E-state index in [1.165, 1.54) is 6.42 Å². The average molecular weight is 350 g/mol. The van der Waals surface area contributed by atoms with Gasteiger partial charge in [-0.3, -0.25) is 14.8 Å². The molecule has 0 aromatic heterocycles. The molecule has 2 atom stereocenters. The van der Waals surface area contributed by atoms with Crippen molar-refractivity contribution >= 4 is 5.96 Å². The predicted octanol–water partition coefficient (Wildman–Crippen LogP) is 0.866. The molecule has 0 amide bonds. The number of hydrogen-bond acceptors (Lipinski definition) is 4. The van der Waals surface area contributed by atoms with Crippen molar-refractivity contribution in [2.75, 3.05) is 72.1 Å². The lowest BCUT2D eigenvalue weighted by Crippen LogP contribution is -2.43. The molecule has 142 valence electrons. The van der Waals surface area contributed by atoms with E-state index in [0.29, 0.717) is 12.0 Å². The standard InChI is InChI=1S/C19H35N5O/c1-3-20-19(21-14-17(2)15-22-10-12-25-13-11-22)24-9-6-18(16-24)23-7-4-5-8-23/h4-5,17-18H,3,6-16H2,1-2H3,(H,20,21). The molecule has 25 heavy (non-hydrogen) atoms. The largest absolute Gasteiger partial charge is 0.379 e. The highest BCUT2D eigenvalue weighted by Crippen LogP contribution is 2.18. The molecule has 2 fully saturated rings. The van der Waals surface area contributed by atoms with Gasteiger partial charge < -0.3 is 15.0 Å². The molecular weight excluding hydrogens is 314 g/mol. The van der Waals surface area contributed by atoms with Gasteiger partial charge in [0, 0.05) is 64.9 Å². The fraction of sp³-hybridized carbons (Fsp3) is 0.842. The zero-order chi connectivity index (χ0) is 17.5. The van der Waals surface area contributed by atoms with Crippen LogP contribution in [0.15, 0.2) is 17.1 Å². The Bertz CT molecular complexity index is 453. The van der Waals surface area contributed by atoms with E-state index in [4.69, 9.17) is 9.73 Å². The summed E-state index contributed by atoms with van der Waals surface area (Å²) in [5, 5.41) is 3.50. The van der Waals surface area contributed by atoms with Crippen LogP contribution < -0.4 is 5.32 Å². The van der Waals surface area contributed by atoms with Gasteiger partial charge in [-0.2, -0.15) is 0 Å². The number of nitrogens with zero attached hydrogens (tertiary/aromatic N) is 4. The third-order valence-corrected chi connectivity index (χ3v) is 5.39. The number of aliphatic imine (C=N–C) groups is 1. The van der Waals surface area contributed by atoms with Crippen molar-refractivity contribution in [3.05, 3.63) is 12.2 Å². The summed E-state index contributed by atoms with van der Waals surface area (Å²) >= 11 is 0. The Morgan fingerprint density at radius 3 is 2.72 bits per heavy atom. The molecule has 6 nitrogen and oxygen atoms in total. The van der Waals surface area contributed by atoms with E-state index >= 15 is 0 Å². The lowest BCUT2D eigenvalue weighted by Gasteiger charge is -2.29. The van der Waals surface area contributed by atoms with Crippen molar-refractivity contribution in [3.63, 3.8) is 0 Å². The molecule has 1 N–H and O–H groups in total. The summed E-state index contributed by atoms with van der Waals surface area (Å²) in [5.74, 6) is 1.68. The monoisotopic (exact) mass is 349 g/mol. The molecule has 3 rings (SSSR count). The summed E-state index contributed by atoms with van der Waals surface area (Å²) in [6.45, 7) is 15.7. The first-order valence-corrected chi connectivity index (χ1v) is 9.98. The van der Waals surface area contributed by atoms with Crippen LogP contribution in [0.3, 0.4) is 0 Å². The summed E-state index contributed by atoms with van der Waals surface area (Å²) in [6, 6.07) is 0.671. The molecule has 2 saturated heterocycles. The van der Waals surface area contributed by atoms with Crippen molar-refractivity contribution in [2.24, 2.45) is 10.9 Å². The van der Waals surface area contributed by atoms with E-state index in [-0.39, 0.29) is 0 Å². The van der Waals surface area contributed by atoms with Gasteiger partial charge in [-0.25, -0.2) is 0 Å². The highest BCUT2D eigenvalue weighted by Gasteiger charge is 2.29. The molecular formula is C19H35N5O. The number of rotatable bonds is 6. The molecule has 0 bridgehead atoms. The molecule has 3 heterocycles. The Kier molecular flexibility index (Phi) is 7.13. The minimum Gasteiger partial charge on any atom is -0.379 e. The van der Waals surface area contributed by atoms with E-state index in [1.807, 2.05) is 0 Å². The van der Waals surface area contributed by atoms with Gasteiger partial charge in [0.25, 0.3) is 0 Å². The number of likely N-dealkylation sites (tertiary alicyclic amines) is 1. The van der Waals surface area contributed by atoms with Crippen LogP contribution in [0.25, 0.3) is 0 Å². The molecule has 2 unspecified atom stereocenters. The molecule has 6 heteroatoms. The van der Waals surface area contributed by atoms with Crippen molar-refractivity contribution in [1.29, 1.82) is 0 Å². The third kappa shape index (κ3) is 5.43. The SMILES string of the molecule is CCNC(=NCC(C)CN1CCOCC1)N1CCC(N2CC=CC2)C1.